The molecule has 2 aromatic rings. The second kappa shape index (κ2) is 9.63. The Morgan fingerprint density at radius 1 is 1.10 bits per heavy atom. The third kappa shape index (κ3) is 5.10. The van der Waals surface area contributed by atoms with Gasteiger partial charge in [0, 0.05) is 31.4 Å². The van der Waals surface area contributed by atoms with Crippen molar-refractivity contribution in [2.45, 2.75) is 19.9 Å². The molecule has 1 unspecified atom stereocenters. The highest BCUT2D eigenvalue weighted by molar-refractivity contribution is 5.94. The molecule has 1 N–H and O–H groups in total. The lowest BCUT2D eigenvalue weighted by molar-refractivity contribution is -0.117. The Bertz CT molecular complexity index is 898. The number of aryl methyl sites for hydroxylation is 1. The Morgan fingerprint density at radius 3 is 2.47 bits per heavy atom. The summed E-state index contributed by atoms with van der Waals surface area (Å²) in [5, 5.41) is 2.97. The minimum Gasteiger partial charge on any atom is -0.495 e. The molecule has 1 fully saturated rings. The Kier molecular flexibility index (Phi) is 6.95. The molecule has 0 bridgehead atoms. The quantitative estimate of drug-likeness (QED) is 0.737. The third-order valence-corrected chi connectivity index (χ3v) is 5.39. The van der Waals surface area contributed by atoms with Crippen LogP contribution in [-0.2, 0) is 9.53 Å². The summed E-state index contributed by atoms with van der Waals surface area (Å²) in [6.45, 7) is 6.82. The number of carbonyl (C=O) groups excluding carboxylic acids is 2. The maximum absolute atomic E-state index is 12.6. The van der Waals surface area contributed by atoms with E-state index in [2.05, 4.69) is 22.0 Å². The fraction of sp³-hybridized carbons (Fsp3) is 0.391. The molecule has 0 aliphatic carbocycles. The number of benzene rings is 2. The van der Waals surface area contributed by atoms with E-state index in [1.807, 2.05) is 37.3 Å². The number of methoxy groups -OCH3 is 2. The van der Waals surface area contributed by atoms with Gasteiger partial charge < -0.3 is 19.7 Å². The molecule has 1 aliphatic heterocycles. The smallest absolute Gasteiger partial charge is 0.337 e. The molecule has 0 aromatic heterocycles. The first-order chi connectivity index (χ1) is 14.4. The molecule has 7 heteroatoms. The van der Waals surface area contributed by atoms with Gasteiger partial charge in [-0.25, -0.2) is 4.79 Å². The molecule has 1 saturated heterocycles. The molecule has 0 saturated carbocycles. The van der Waals surface area contributed by atoms with Gasteiger partial charge in [-0.2, -0.15) is 0 Å². The monoisotopic (exact) mass is 411 g/mol. The third-order valence-electron chi connectivity index (χ3n) is 5.39. The minimum atomic E-state index is -0.337. The van der Waals surface area contributed by atoms with Crippen LogP contribution in [-0.4, -0.2) is 63.2 Å². The summed E-state index contributed by atoms with van der Waals surface area (Å²) in [4.78, 5) is 28.7. The molecule has 30 heavy (non-hydrogen) atoms. The van der Waals surface area contributed by atoms with Gasteiger partial charge in [-0.15, -0.1) is 0 Å². The van der Waals surface area contributed by atoms with E-state index in [1.165, 1.54) is 7.11 Å². The molecule has 1 heterocycles. The summed E-state index contributed by atoms with van der Waals surface area (Å²) in [6.07, 6.45) is 0. The predicted octanol–water partition coefficient (Wildman–Crippen LogP) is 2.94. The SMILES string of the molecule is COC(=O)c1ccc(N2CCN(CC(=O)Nc3cc(C)ccc3OC)C(C)C2)cc1. The maximum atomic E-state index is 12.6. The molecular weight excluding hydrogens is 382 g/mol. The molecule has 3 rings (SSSR count). The number of nitrogens with one attached hydrogen (secondary N) is 1. The van der Waals surface area contributed by atoms with Gasteiger partial charge in [-0.05, 0) is 55.8 Å². The van der Waals surface area contributed by atoms with Crippen LogP contribution < -0.4 is 15.0 Å². The van der Waals surface area contributed by atoms with E-state index in [-0.39, 0.29) is 17.9 Å². The van der Waals surface area contributed by atoms with Gasteiger partial charge in [-0.1, -0.05) is 6.07 Å². The molecule has 7 nitrogen and oxygen atoms in total. The number of anilines is 2. The van der Waals surface area contributed by atoms with Crippen molar-refractivity contribution in [1.82, 2.24) is 4.90 Å². The fourth-order valence-corrected chi connectivity index (χ4v) is 3.68. The summed E-state index contributed by atoms with van der Waals surface area (Å²) in [7, 11) is 2.97. The first-order valence-corrected chi connectivity index (χ1v) is 10.0. The Labute approximate surface area is 177 Å². The zero-order chi connectivity index (χ0) is 21.7. The number of nitrogens with zero attached hydrogens (tertiary/aromatic N) is 2. The maximum Gasteiger partial charge on any atom is 0.337 e. The van der Waals surface area contributed by atoms with Gasteiger partial charge in [0.15, 0.2) is 0 Å². The van der Waals surface area contributed by atoms with Crippen LogP contribution in [0.15, 0.2) is 42.5 Å². The van der Waals surface area contributed by atoms with Crippen LogP contribution in [0, 0.1) is 6.92 Å². The molecular formula is C23H29N3O4. The van der Waals surface area contributed by atoms with Crippen LogP contribution in [0.1, 0.15) is 22.8 Å². The molecule has 2 aromatic carbocycles. The van der Waals surface area contributed by atoms with Crippen molar-refractivity contribution in [3.8, 4) is 5.75 Å². The van der Waals surface area contributed by atoms with Gasteiger partial charge in [0.2, 0.25) is 5.91 Å². The first-order valence-electron chi connectivity index (χ1n) is 10.0. The average Bonchev–Trinajstić information content (AvgIpc) is 2.75. The summed E-state index contributed by atoms with van der Waals surface area (Å²) < 4.78 is 10.1. The number of rotatable bonds is 6. The summed E-state index contributed by atoms with van der Waals surface area (Å²) in [6, 6.07) is 13.4. The number of hydrogen-bond acceptors (Lipinski definition) is 6. The number of piperazine rings is 1. The second-order valence-corrected chi connectivity index (χ2v) is 7.56. The molecule has 160 valence electrons. The fourth-order valence-electron chi connectivity index (χ4n) is 3.68. The lowest BCUT2D eigenvalue weighted by Crippen LogP contribution is -2.53. The van der Waals surface area contributed by atoms with E-state index < -0.39 is 0 Å². The standard InChI is InChI=1S/C23H29N3O4/c1-16-5-10-21(29-3)20(13-16)24-22(27)15-25-11-12-26(14-17(25)2)19-8-6-18(7-9-19)23(28)30-4/h5-10,13,17H,11-12,14-15H2,1-4H3,(H,24,27). The van der Waals surface area contributed by atoms with Gasteiger partial charge in [-0.3, -0.25) is 9.69 Å². The largest absolute Gasteiger partial charge is 0.495 e. The average molecular weight is 412 g/mol. The van der Waals surface area contributed by atoms with E-state index in [0.717, 1.165) is 30.9 Å². The van der Waals surface area contributed by atoms with Crippen LogP contribution in [0.4, 0.5) is 11.4 Å². The van der Waals surface area contributed by atoms with Crippen molar-refractivity contribution in [1.29, 1.82) is 0 Å². The second-order valence-electron chi connectivity index (χ2n) is 7.56. The normalized spacial score (nSPS) is 16.8. The highest BCUT2D eigenvalue weighted by Gasteiger charge is 2.26. The van der Waals surface area contributed by atoms with E-state index in [9.17, 15) is 9.59 Å². The molecule has 0 spiro atoms. The minimum absolute atomic E-state index is 0.0540. The number of carbonyl (C=O) groups is 2. The van der Waals surface area contributed by atoms with Crippen LogP contribution in [0.25, 0.3) is 0 Å². The summed E-state index contributed by atoms with van der Waals surface area (Å²) >= 11 is 0. The Hall–Kier alpha value is -3.06. The highest BCUT2D eigenvalue weighted by atomic mass is 16.5. The van der Waals surface area contributed by atoms with E-state index in [4.69, 9.17) is 9.47 Å². The number of amides is 1. The van der Waals surface area contributed by atoms with E-state index in [0.29, 0.717) is 23.5 Å². The Balaban J connectivity index is 1.57. The van der Waals surface area contributed by atoms with Crippen LogP contribution >= 0.6 is 0 Å². The lowest BCUT2D eigenvalue weighted by atomic mass is 10.1. The zero-order valence-electron chi connectivity index (χ0n) is 18.0. The van der Waals surface area contributed by atoms with Crippen molar-refractivity contribution >= 4 is 23.3 Å². The van der Waals surface area contributed by atoms with Crippen molar-refractivity contribution in [3.63, 3.8) is 0 Å². The summed E-state index contributed by atoms with van der Waals surface area (Å²) in [5.41, 5.74) is 3.35. The molecule has 1 amide bonds. The van der Waals surface area contributed by atoms with Gasteiger partial charge in [0.05, 0.1) is 32.0 Å². The number of ether oxygens (including phenoxy) is 2. The zero-order valence-corrected chi connectivity index (χ0v) is 18.0. The molecule has 0 radical (unpaired) electrons. The molecule has 1 aliphatic rings. The first kappa shape index (κ1) is 21.6. The van der Waals surface area contributed by atoms with Crippen molar-refractivity contribution in [2.75, 3.05) is 50.6 Å². The van der Waals surface area contributed by atoms with Crippen molar-refractivity contribution < 1.29 is 19.1 Å². The van der Waals surface area contributed by atoms with E-state index >= 15 is 0 Å². The highest BCUT2D eigenvalue weighted by Crippen LogP contribution is 2.25. The van der Waals surface area contributed by atoms with Gasteiger partial charge in [0.1, 0.15) is 5.75 Å². The molecule has 1 atom stereocenters. The van der Waals surface area contributed by atoms with Crippen LogP contribution in [0.2, 0.25) is 0 Å². The van der Waals surface area contributed by atoms with Crippen LogP contribution in [0.5, 0.6) is 5.75 Å². The predicted molar refractivity (Wildman–Crippen MR) is 117 cm³/mol. The number of hydrogen-bond donors (Lipinski definition) is 1. The van der Waals surface area contributed by atoms with Crippen LogP contribution in [0.3, 0.4) is 0 Å². The van der Waals surface area contributed by atoms with E-state index in [1.54, 1.807) is 19.2 Å². The Morgan fingerprint density at radius 2 is 1.83 bits per heavy atom. The number of esters is 1. The topological polar surface area (TPSA) is 71.1 Å². The van der Waals surface area contributed by atoms with Gasteiger partial charge in [0.25, 0.3) is 0 Å². The lowest BCUT2D eigenvalue weighted by Gasteiger charge is -2.40. The van der Waals surface area contributed by atoms with Crippen molar-refractivity contribution in [2.24, 2.45) is 0 Å². The summed E-state index contributed by atoms with van der Waals surface area (Å²) in [5.74, 6) is 0.264. The van der Waals surface area contributed by atoms with Gasteiger partial charge >= 0.3 is 5.97 Å². The van der Waals surface area contributed by atoms with Crippen molar-refractivity contribution in [3.05, 3.63) is 53.6 Å².